The molecular weight excluding hydrogens is 290 g/mol. The average Bonchev–Trinajstić information content (AvgIpc) is 2.50. The highest BCUT2D eigenvalue weighted by molar-refractivity contribution is 9.10. The molecule has 0 atom stereocenters. The summed E-state index contributed by atoms with van der Waals surface area (Å²) in [7, 11) is 0. The molecule has 2 rings (SSSR count). The summed E-state index contributed by atoms with van der Waals surface area (Å²) in [6.07, 6.45) is 3.22. The third-order valence-electron chi connectivity index (χ3n) is 3.12. The molecule has 1 aliphatic heterocycles. The first-order chi connectivity index (χ1) is 8.61. The highest BCUT2D eigenvalue weighted by atomic mass is 79.9. The van der Waals surface area contributed by atoms with Crippen molar-refractivity contribution in [3.05, 3.63) is 46.6 Å². The van der Waals surface area contributed by atoms with E-state index in [1.807, 2.05) is 12.1 Å². The Kier molecular flexibility index (Phi) is 4.12. The Morgan fingerprint density at radius 1 is 1.56 bits per heavy atom. The van der Waals surface area contributed by atoms with Crippen molar-refractivity contribution >= 4 is 21.6 Å². The minimum atomic E-state index is 0.677. The smallest absolute Gasteiger partial charge is 0.129 e. The molecule has 3 heteroatoms. The van der Waals surface area contributed by atoms with Crippen LogP contribution in [0.4, 0.5) is 0 Å². The second-order valence-corrected chi connectivity index (χ2v) is 5.37. The van der Waals surface area contributed by atoms with Crippen LogP contribution in [0.2, 0.25) is 0 Å². The lowest BCUT2D eigenvalue weighted by Crippen LogP contribution is -2.19. The van der Waals surface area contributed by atoms with Crippen LogP contribution in [0, 0.1) is 0 Å². The van der Waals surface area contributed by atoms with Crippen molar-refractivity contribution < 1.29 is 4.74 Å². The van der Waals surface area contributed by atoms with Gasteiger partial charge in [0.05, 0.1) is 6.54 Å². The molecule has 96 valence electrons. The van der Waals surface area contributed by atoms with Gasteiger partial charge in [0, 0.05) is 21.9 Å². The average molecular weight is 308 g/mol. The molecule has 0 amide bonds. The molecule has 1 aromatic carbocycles. The Labute approximate surface area is 117 Å². The zero-order valence-corrected chi connectivity index (χ0v) is 12.5. The molecule has 1 heterocycles. The number of fused-ring (bicyclic) bond motifs is 1. The predicted octanol–water partition coefficient (Wildman–Crippen LogP) is 4.43. The van der Waals surface area contributed by atoms with Gasteiger partial charge in [0.2, 0.25) is 0 Å². The van der Waals surface area contributed by atoms with Crippen LogP contribution in [-0.2, 0) is 0 Å². The summed E-state index contributed by atoms with van der Waals surface area (Å²) in [6.45, 7) is 10.0. The molecule has 0 fully saturated rings. The Morgan fingerprint density at radius 3 is 3.06 bits per heavy atom. The van der Waals surface area contributed by atoms with Gasteiger partial charge in [0.25, 0.3) is 0 Å². The predicted molar refractivity (Wildman–Crippen MR) is 79.4 cm³/mol. The minimum absolute atomic E-state index is 0.677. The number of hydrogen-bond donors (Lipinski definition) is 0. The molecule has 1 aliphatic rings. The quantitative estimate of drug-likeness (QED) is 0.801. The topological polar surface area (TPSA) is 12.5 Å². The van der Waals surface area contributed by atoms with Crippen LogP contribution in [-0.4, -0.2) is 18.1 Å². The number of hydrogen-bond acceptors (Lipinski definition) is 2. The Hall–Kier alpha value is -1.22. The van der Waals surface area contributed by atoms with Gasteiger partial charge >= 0.3 is 0 Å². The highest BCUT2D eigenvalue weighted by Crippen LogP contribution is 2.32. The molecule has 0 aliphatic carbocycles. The number of halogens is 1. The maximum absolute atomic E-state index is 5.78. The third kappa shape index (κ3) is 2.78. The third-order valence-corrected chi connectivity index (χ3v) is 3.62. The number of benzene rings is 1. The zero-order valence-electron chi connectivity index (χ0n) is 10.9. The van der Waals surface area contributed by atoms with E-state index in [1.54, 1.807) is 0 Å². The molecule has 0 radical (unpaired) electrons. The summed E-state index contributed by atoms with van der Waals surface area (Å²) in [6, 6.07) is 6.07. The van der Waals surface area contributed by atoms with Crippen molar-refractivity contribution in [1.29, 1.82) is 0 Å². The first-order valence-electron chi connectivity index (χ1n) is 6.17. The van der Waals surface area contributed by atoms with E-state index in [9.17, 15) is 0 Å². The number of nitrogens with zero attached hydrogens (tertiary/aromatic N) is 1. The van der Waals surface area contributed by atoms with Gasteiger partial charge < -0.3 is 9.64 Å². The van der Waals surface area contributed by atoms with Crippen molar-refractivity contribution in [2.75, 3.05) is 13.2 Å². The van der Waals surface area contributed by atoms with Crippen LogP contribution in [0.15, 0.2) is 41.0 Å². The Bertz CT molecular complexity index is 493. The van der Waals surface area contributed by atoms with Crippen molar-refractivity contribution in [2.45, 2.75) is 20.3 Å². The highest BCUT2D eigenvalue weighted by Gasteiger charge is 2.17. The molecule has 0 bridgehead atoms. The second-order valence-electron chi connectivity index (χ2n) is 4.46. The maximum Gasteiger partial charge on any atom is 0.129 e. The van der Waals surface area contributed by atoms with Crippen LogP contribution in [0.5, 0.6) is 5.75 Å². The summed E-state index contributed by atoms with van der Waals surface area (Å²) in [4.78, 5) is 2.18. The second kappa shape index (κ2) is 5.61. The van der Waals surface area contributed by atoms with E-state index in [0.29, 0.717) is 6.61 Å². The fourth-order valence-electron chi connectivity index (χ4n) is 1.90. The zero-order chi connectivity index (χ0) is 13.1. The largest absolute Gasteiger partial charge is 0.491 e. The molecule has 0 saturated carbocycles. The summed E-state index contributed by atoms with van der Waals surface area (Å²) in [5.41, 5.74) is 3.41. The number of allylic oxidation sites excluding steroid dienone is 1. The van der Waals surface area contributed by atoms with Gasteiger partial charge in [-0.2, -0.15) is 0 Å². The van der Waals surface area contributed by atoms with Crippen molar-refractivity contribution in [2.24, 2.45) is 0 Å². The number of rotatable bonds is 2. The summed E-state index contributed by atoms with van der Waals surface area (Å²) >= 11 is 3.47. The molecule has 18 heavy (non-hydrogen) atoms. The normalized spacial score (nSPS) is 16.1. The van der Waals surface area contributed by atoms with Crippen LogP contribution < -0.4 is 4.74 Å². The van der Waals surface area contributed by atoms with Crippen LogP contribution in [0.25, 0.3) is 5.70 Å². The Balaban J connectivity index is 2.35. The summed E-state index contributed by atoms with van der Waals surface area (Å²) in [5, 5.41) is 0. The monoisotopic (exact) mass is 307 g/mol. The SMILES string of the molecule is C=C1c2ccc(Br)cc2OCCN1/C=C(\C)CC. The van der Waals surface area contributed by atoms with Crippen molar-refractivity contribution in [3.8, 4) is 5.75 Å². The lowest BCUT2D eigenvalue weighted by Gasteiger charge is -2.20. The molecule has 0 aromatic heterocycles. The summed E-state index contributed by atoms with van der Waals surface area (Å²) in [5.74, 6) is 0.902. The van der Waals surface area contributed by atoms with Gasteiger partial charge in [-0.1, -0.05) is 35.0 Å². The number of ether oxygens (including phenoxy) is 1. The van der Waals surface area contributed by atoms with Gasteiger partial charge in [0.15, 0.2) is 0 Å². The molecule has 0 saturated heterocycles. The molecule has 0 spiro atoms. The Morgan fingerprint density at radius 2 is 2.33 bits per heavy atom. The fraction of sp³-hybridized carbons (Fsp3) is 0.333. The van der Waals surface area contributed by atoms with Crippen LogP contribution in [0.3, 0.4) is 0 Å². The van der Waals surface area contributed by atoms with E-state index in [1.165, 1.54) is 5.57 Å². The van der Waals surface area contributed by atoms with Crippen molar-refractivity contribution in [1.82, 2.24) is 4.90 Å². The van der Waals surface area contributed by atoms with Gasteiger partial charge in [0.1, 0.15) is 12.4 Å². The first-order valence-corrected chi connectivity index (χ1v) is 6.96. The standard InChI is InChI=1S/C15H18BrNO/c1-4-11(2)10-17-7-8-18-15-9-13(16)5-6-14(15)12(17)3/h5-6,9-10H,3-4,7-8H2,1-2H3/b11-10+. The van der Waals surface area contributed by atoms with E-state index in [4.69, 9.17) is 4.74 Å². The molecule has 1 aromatic rings. The van der Waals surface area contributed by atoms with Crippen molar-refractivity contribution in [3.63, 3.8) is 0 Å². The molecule has 0 N–H and O–H groups in total. The fourth-order valence-corrected chi connectivity index (χ4v) is 2.24. The molecular formula is C15H18BrNO. The van der Waals surface area contributed by atoms with E-state index in [0.717, 1.165) is 34.4 Å². The van der Waals surface area contributed by atoms with Crippen LogP contribution in [0.1, 0.15) is 25.8 Å². The van der Waals surface area contributed by atoms with Crippen LogP contribution >= 0.6 is 15.9 Å². The van der Waals surface area contributed by atoms with E-state index in [2.05, 4.69) is 53.5 Å². The summed E-state index contributed by atoms with van der Waals surface area (Å²) < 4.78 is 6.81. The van der Waals surface area contributed by atoms with E-state index >= 15 is 0 Å². The lowest BCUT2D eigenvalue weighted by molar-refractivity contribution is 0.299. The van der Waals surface area contributed by atoms with E-state index in [-0.39, 0.29) is 0 Å². The van der Waals surface area contributed by atoms with Gasteiger partial charge in [-0.15, -0.1) is 0 Å². The first kappa shape index (κ1) is 13.2. The van der Waals surface area contributed by atoms with Gasteiger partial charge in [-0.25, -0.2) is 0 Å². The van der Waals surface area contributed by atoms with E-state index < -0.39 is 0 Å². The molecule has 0 unspecified atom stereocenters. The lowest BCUT2D eigenvalue weighted by atomic mass is 10.1. The van der Waals surface area contributed by atoms with Gasteiger partial charge in [-0.3, -0.25) is 0 Å². The molecule has 2 nitrogen and oxygen atoms in total. The maximum atomic E-state index is 5.78. The minimum Gasteiger partial charge on any atom is -0.491 e. The van der Waals surface area contributed by atoms with Gasteiger partial charge in [-0.05, 0) is 31.5 Å².